The highest BCUT2D eigenvalue weighted by Crippen LogP contribution is 2.25. The minimum absolute atomic E-state index is 0.0546. The first kappa shape index (κ1) is 18.5. The summed E-state index contributed by atoms with van der Waals surface area (Å²) in [5.74, 6) is 1.39. The van der Waals surface area contributed by atoms with Crippen LogP contribution in [0.15, 0.2) is 53.7 Å². The Bertz CT molecular complexity index is 925. The average molecular weight is 387 g/mol. The number of amides is 1. The third kappa shape index (κ3) is 4.45. The Morgan fingerprint density at radius 2 is 2.00 bits per heavy atom. The molecule has 3 aromatic rings. The molecular formula is C19H19ClN4OS. The zero-order valence-corrected chi connectivity index (χ0v) is 16.1. The molecule has 0 radical (unpaired) electrons. The number of hydrogen-bond donors (Lipinski definition) is 1. The number of hydrogen-bond acceptors (Lipinski definition) is 4. The first-order valence-electron chi connectivity index (χ1n) is 8.18. The normalized spacial score (nSPS) is 10.7. The lowest BCUT2D eigenvalue weighted by Crippen LogP contribution is -2.12. The molecule has 1 aromatic heterocycles. The maximum absolute atomic E-state index is 12.1. The van der Waals surface area contributed by atoms with Gasteiger partial charge in [0.05, 0.1) is 0 Å². The van der Waals surface area contributed by atoms with Gasteiger partial charge < -0.3 is 9.88 Å². The van der Waals surface area contributed by atoms with Crippen LogP contribution in [0.3, 0.4) is 0 Å². The van der Waals surface area contributed by atoms with Crippen molar-refractivity contribution in [3.8, 4) is 11.4 Å². The quantitative estimate of drug-likeness (QED) is 0.630. The predicted octanol–water partition coefficient (Wildman–Crippen LogP) is 4.56. The summed E-state index contributed by atoms with van der Waals surface area (Å²) in [5, 5.41) is 12.8. The van der Waals surface area contributed by atoms with Crippen LogP contribution in [-0.4, -0.2) is 26.4 Å². The third-order valence-electron chi connectivity index (χ3n) is 3.89. The van der Waals surface area contributed by atoms with Gasteiger partial charge in [0.1, 0.15) is 0 Å². The second-order valence-corrected chi connectivity index (χ2v) is 7.34. The number of thioether (sulfide) groups is 1. The van der Waals surface area contributed by atoms with Gasteiger partial charge in [-0.3, -0.25) is 4.79 Å². The molecule has 0 bridgehead atoms. The summed E-state index contributed by atoms with van der Waals surface area (Å²) < 4.78 is 1.96. The van der Waals surface area contributed by atoms with Crippen molar-refractivity contribution < 1.29 is 4.79 Å². The Balaban J connectivity index is 1.57. The third-order valence-corrected chi connectivity index (χ3v) is 5.15. The zero-order valence-electron chi connectivity index (χ0n) is 14.6. The molecule has 0 saturated heterocycles. The molecule has 0 aliphatic rings. The fourth-order valence-corrected chi connectivity index (χ4v) is 3.56. The van der Waals surface area contributed by atoms with E-state index in [-0.39, 0.29) is 5.91 Å². The van der Waals surface area contributed by atoms with Crippen molar-refractivity contribution in [2.75, 3.05) is 11.1 Å². The van der Waals surface area contributed by atoms with Crippen LogP contribution >= 0.6 is 23.4 Å². The number of benzene rings is 2. The first-order chi connectivity index (χ1) is 12.5. The molecule has 0 aliphatic carbocycles. The molecule has 0 spiro atoms. The predicted molar refractivity (Wildman–Crippen MR) is 107 cm³/mol. The largest absolute Gasteiger partial charge is 0.326 e. The number of halogens is 1. The maximum Gasteiger partial charge on any atom is 0.225 e. The number of aromatic nitrogens is 3. The first-order valence-corrected chi connectivity index (χ1v) is 9.54. The fourth-order valence-electron chi connectivity index (χ4n) is 2.52. The second kappa shape index (κ2) is 8.38. The Hall–Kier alpha value is -2.31. The van der Waals surface area contributed by atoms with Gasteiger partial charge in [0.25, 0.3) is 0 Å². The van der Waals surface area contributed by atoms with Crippen molar-refractivity contribution in [1.82, 2.24) is 14.8 Å². The molecule has 1 N–H and O–H groups in total. The molecule has 0 saturated carbocycles. The standard InChI is InChI=1S/C19H19ClN4OS/c1-13-6-3-4-9-16(13)18-22-23-19(24(18)2)26-11-10-17(25)21-15-8-5-7-14(20)12-15/h3-9,12H,10-11H2,1-2H3,(H,21,25). The van der Waals surface area contributed by atoms with Gasteiger partial charge in [0.15, 0.2) is 11.0 Å². The summed E-state index contributed by atoms with van der Waals surface area (Å²) >= 11 is 7.43. The zero-order chi connectivity index (χ0) is 18.5. The molecule has 26 heavy (non-hydrogen) atoms. The van der Waals surface area contributed by atoms with Crippen LogP contribution in [0.5, 0.6) is 0 Å². The van der Waals surface area contributed by atoms with Crippen molar-refractivity contribution in [3.05, 3.63) is 59.1 Å². The van der Waals surface area contributed by atoms with Crippen molar-refractivity contribution in [3.63, 3.8) is 0 Å². The Labute approximate surface area is 161 Å². The Morgan fingerprint density at radius 1 is 1.19 bits per heavy atom. The van der Waals surface area contributed by atoms with Gasteiger partial charge in [0.2, 0.25) is 5.91 Å². The lowest BCUT2D eigenvalue weighted by Gasteiger charge is -2.07. The van der Waals surface area contributed by atoms with E-state index < -0.39 is 0 Å². The van der Waals surface area contributed by atoms with E-state index in [1.807, 2.05) is 35.9 Å². The highest BCUT2D eigenvalue weighted by molar-refractivity contribution is 7.99. The van der Waals surface area contributed by atoms with Gasteiger partial charge in [0, 0.05) is 35.5 Å². The molecule has 7 heteroatoms. The van der Waals surface area contributed by atoms with Crippen molar-refractivity contribution in [2.45, 2.75) is 18.5 Å². The minimum atomic E-state index is -0.0546. The highest BCUT2D eigenvalue weighted by Gasteiger charge is 2.13. The van der Waals surface area contributed by atoms with E-state index in [2.05, 4.69) is 28.5 Å². The van der Waals surface area contributed by atoms with E-state index in [0.717, 1.165) is 22.1 Å². The molecule has 1 heterocycles. The fraction of sp³-hybridized carbons (Fsp3) is 0.211. The van der Waals surface area contributed by atoms with E-state index in [1.54, 1.807) is 18.2 Å². The average Bonchev–Trinajstić information content (AvgIpc) is 2.96. The maximum atomic E-state index is 12.1. The van der Waals surface area contributed by atoms with Crippen LogP contribution in [-0.2, 0) is 11.8 Å². The van der Waals surface area contributed by atoms with E-state index in [4.69, 9.17) is 11.6 Å². The summed E-state index contributed by atoms with van der Waals surface area (Å²) in [6.45, 7) is 2.05. The minimum Gasteiger partial charge on any atom is -0.326 e. The number of carbonyl (C=O) groups is 1. The van der Waals surface area contributed by atoms with E-state index >= 15 is 0 Å². The number of nitrogens with zero attached hydrogens (tertiary/aromatic N) is 3. The molecular weight excluding hydrogens is 368 g/mol. The summed E-state index contributed by atoms with van der Waals surface area (Å²) in [6.07, 6.45) is 0.379. The SMILES string of the molecule is Cc1ccccc1-c1nnc(SCCC(=O)Nc2cccc(Cl)c2)n1C. The van der Waals surface area contributed by atoms with Crippen LogP contribution in [0.25, 0.3) is 11.4 Å². The number of rotatable bonds is 6. The summed E-state index contributed by atoms with van der Waals surface area (Å²) in [7, 11) is 1.94. The highest BCUT2D eigenvalue weighted by atomic mass is 35.5. The van der Waals surface area contributed by atoms with Crippen molar-refractivity contribution >= 4 is 35.0 Å². The van der Waals surface area contributed by atoms with Gasteiger partial charge in [-0.2, -0.15) is 0 Å². The number of nitrogens with one attached hydrogen (secondary N) is 1. The lowest BCUT2D eigenvalue weighted by molar-refractivity contribution is -0.115. The summed E-state index contributed by atoms with van der Waals surface area (Å²) in [4.78, 5) is 12.1. The van der Waals surface area contributed by atoms with Gasteiger partial charge in [-0.15, -0.1) is 10.2 Å². The van der Waals surface area contributed by atoms with Gasteiger partial charge in [-0.05, 0) is 30.7 Å². The summed E-state index contributed by atoms with van der Waals surface area (Å²) in [6, 6.07) is 15.2. The molecule has 134 valence electrons. The smallest absolute Gasteiger partial charge is 0.225 e. The molecule has 3 rings (SSSR count). The molecule has 0 fully saturated rings. The number of aryl methyl sites for hydroxylation is 1. The van der Waals surface area contributed by atoms with Crippen molar-refractivity contribution in [1.29, 1.82) is 0 Å². The Kier molecular flexibility index (Phi) is 5.96. The van der Waals surface area contributed by atoms with E-state index in [1.165, 1.54) is 11.8 Å². The molecule has 0 aliphatic heterocycles. The molecule has 0 unspecified atom stereocenters. The molecule has 5 nitrogen and oxygen atoms in total. The van der Waals surface area contributed by atoms with E-state index in [0.29, 0.717) is 22.9 Å². The van der Waals surface area contributed by atoms with Crippen LogP contribution in [0.4, 0.5) is 5.69 Å². The molecule has 1 amide bonds. The number of carbonyl (C=O) groups excluding carboxylic acids is 1. The monoisotopic (exact) mass is 386 g/mol. The topological polar surface area (TPSA) is 59.8 Å². The van der Waals surface area contributed by atoms with Gasteiger partial charge in [-0.1, -0.05) is 53.7 Å². The summed E-state index contributed by atoms with van der Waals surface area (Å²) in [5.41, 5.74) is 2.92. The van der Waals surface area contributed by atoms with Gasteiger partial charge >= 0.3 is 0 Å². The van der Waals surface area contributed by atoms with E-state index in [9.17, 15) is 4.79 Å². The van der Waals surface area contributed by atoms with Gasteiger partial charge in [-0.25, -0.2) is 0 Å². The Morgan fingerprint density at radius 3 is 2.77 bits per heavy atom. The number of anilines is 1. The second-order valence-electron chi connectivity index (χ2n) is 5.84. The lowest BCUT2D eigenvalue weighted by atomic mass is 10.1. The van der Waals surface area contributed by atoms with Crippen molar-refractivity contribution in [2.24, 2.45) is 7.05 Å². The molecule has 0 atom stereocenters. The van der Waals surface area contributed by atoms with Crippen LogP contribution in [0, 0.1) is 6.92 Å². The van der Waals surface area contributed by atoms with Crippen LogP contribution < -0.4 is 5.32 Å². The van der Waals surface area contributed by atoms with Crippen LogP contribution in [0.1, 0.15) is 12.0 Å². The van der Waals surface area contributed by atoms with Crippen LogP contribution in [0.2, 0.25) is 5.02 Å². The molecule has 2 aromatic carbocycles.